The van der Waals surface area contributed by atoms with Gasteiger partial charge in [-0.1, -0.05) is 30.3 Å². The predicted octanol–water partition coefficient (Wildman–Crippen LogP) is 1.50. The Kier molecular flexibility index (Phi) is 4.41. The van der Waals surface area contributed by atoms with Crippen molar-refractivity contribution in [2.75, 3.05) is 6.54 Å². The quantitative estimate of drug-likeness (QED) is 0.846. The lowest BCUT2D eigenvalue weighted by Crippen LogP contribution is -2.44. The number of carbonyl (C=O) groups is 2. The van der Waals surface area contributed by atoms with Crippen LogP contribution in [0.4, 0.5) is 0 Å². The number of H-pyrrole nitrogens is 1. The molecule has 2 N–H and O–H groups in total. The number of aliphatic carboxylic acids is 1. The van der Waals surface area contributed by atoms with Gasteiger partial charge in [-0.15, -0.1) is 0 Å². The average molecular weight is 313 g/mol. The van der Waals surface area contributed by atoms with Crippen molar-refractivity contribution in [1.82, 2.24) is 14.9 Å². The van der Waals surface area contributed by atoms with Gasteiger partial charge in [0, 0.05) is 25.1 Å². The molecule has 120 valence electrons. The van der Waals surface area contributed by atoms with Crippen LogP contribution in [0.25, 0.3) is 0 Å². The highest BCUT2D eigenvalue weighted by molar-refractivity contribution is 5.87. The lowest BCUT2D eigenvalue weighted by Gasteiger charge is -2.24. The molecule has 0 spiro atoms. The summed E-state index contributed by atoms with van der Waals surface area (Å²) in [5, 5.41) is 9.49. The van der Waals surface area contributed by atoms with Crippen LogP contribution in [0, 0.1) is 5.92 Å². The fourth-order valence-corrected chi connectivity index (χ4v) is 3.09. The minimum Gasteiger partial charge on any atom is -0.480 e. The van der Waals surface area contributed by atoms with E-state index < -0.39 is 12.0 Å². The van der Waals surface area contributed by atoms with Gasteiger partial charge in [0.2, 0.25) is 5.91 Å². The van der Waals surface area contributed by atoms with Crippen LogP contribution >= 0.6 is 0 Å². The number of amides is 1. The predicted molar refractivity (Wildman–Crippen MR) is 83.7 cm³/mol. The minimum atomic E-state index is -0.985. The van der Waals surface area contributed by atoms with Gasteiger partial charge in [-0.2, -0.15) is 0 Å². The maximum atomic E-state index is 12.6. The molecule has 0 radical (unpaired) electrons. The van der Waals surface area contributed by atoms with Gasteiger partial charge < -0.3 is 15.0 Å². The van der Waals surface area contributed by atoms with Crippen LogP contribution in [-0.2, 0) is 22.4 Å². The maximum Gasteiger partial charge on any atom is 0.326 e. The summed E-state index contributed by atoms with van der Waals surface area (Å²) >= 11 is 0. The zero-order valence-electron chi connectivity index (χ0n) is 12.7. The van der Waals surface area contributed by atoms with Crippen molar-refractivity contribution in [2.24, 2.45) is 5.92 Å². The van der Waals surface area contributed by atoms with Gasteiger partial charge in [-0.3, -0.25) is 4.79 Å². The molecule has 2 heterocycles. The van der Waals surface area contributed by atoms with E-state index in [0.29, 0.717) is 25.1 Å². The number of imidazole rings is 1. The van der Waals surface area contributed by atoms with E-state index in [1.807, 2.05) is 30.3 Å². The summed E-state index contributed by atoms with van der Waals surface area (Å²) in [5.74, 6) is -1.20. The van der Waals surface area contributed by atoms with Gasteiger partial charge in [-0.05, 0) is 18.4 Å². The smallest absolute Gasteiger partial charge is 0.326 e. The average Bonchev–Trinajstić information content (AvgIpc) is 3.17. The second-order valence-corrected chi connectivity index (χ2v) is 5.83. The number of nitrogens with one attached hydrogen (secondary N) is 1. The van der Waals surface area contributed by atoms with Crippen LogP contribution in [-0.4, -0.2) is 44.4 Å². The number of hydrogen-bond acceptors (Lipinski definition) is 3. The van der Waals surface area contributed by atoms with Crippen molar-refractivity contribution in [3.8, 4) is 0 Å². The molecule has 1 amide bonds. The van der Waals surface area contributed by atoms with Crippen LogP contribution in [0.5, 0.6) is 0 Å². The second kappa shape index (κ2) is 6.64. The van der Waals surface area contributed by atoms with Crippen LogP contribution in [0.2, 0.25) is 0 Å². The van der Waals surface area contributed by atoms with E-state index in [-0.39, 0.29) is 18.2 Å². The third kappa shape index (κ3) is 3.41. The van der Waals surface area contributed by atoms with Crippen LogP contribution < -0.4 is 0 Å². The molecule has 1 aliphatic heterocycles. The number of nitrogens with zero attached hydrogens (tertiary/aromatic N) is 2. The van der Waals surface area contributed by atoms with Gasteiger partial charge in [-0.25, -0.2) is 9.78 Å². The van der Waals surface area contributed by atoms with Crippen molar-refractivity contribution >= 4 is 11.9 Å². The molecule has 1 aromatic heterocycles. The van der Waals surface area contributed by atoms with E-state index in [4.69, 9.17) is 0 Å². The molecule has 1 fully saturated rings. The number of carboxylic acids is 1. The molecule has 0 saturated carbocycles. The summed E-state index contributed by atoms with van der Waals surface area (Å²) in [5.41, 5.74) is 1.75. The standard InChI is InChI=1S/C17H19N3O3/c21-16-13(8-12-4-2-1-3-5-12)6-7-20(16)15(17(22)23)9-14-10-18-11-19-14/h1-5,10-11,13,15H,6-9H2,(H,18,19)(H,22,23)/t13-,15-/m0/s1. The Morgan fingerprint density at radius 3 is 2.83 bits per heavy atom. The Labute approximate surface area is 134 Å². The first-order valence-corrected chi connectivity index (χ1v) is 7.70. The summed E-state index contributed by atoms with van der Waals surface area (Å²) in [4.78, 5) is 32.6. The summed E-state index contributed by atoms with van der Waals surface area (Å²) < 4.78 is 0. The van der Waals surface area contributed by atoms with Crippen molar-refractivity contribution < 1.29 is 14.7 Å². The van der Waals surface area contributed by atoms with Gasteiger partial charge >= 0.3 is 5.97 Å². The molecule has 0 unspecified atom stereocenters. The normalized spacial score (nSPS) is 19.0. The van der Waals surface area contributed by atoms with E-state index in [1.165, 1.54) is 11.2 Å². The van der Waals surface area contributed by atoms with Crippen molar-refractivity contribution in [3.63, 3.8) is 0 Å². The number of rotatable bonds is 6. The van der Waals surface area contributed by atoms with Crippen LogP contribution in [0.1, 0.15) is 17.7 Å². The highest BCUT2D eigenvalue weighted by atomic mass is 16.4. The first-order chi connectivity index (χ1) is 11.1. The number of aromatic amines is 1. The highest BCUT2D eigenvalue weighted by Gasteiger charge is 2.39. The number of aromatic nitrogens is 2. The first kappa shape index (κ1) is 15.3. The molecule has 1 saturated heterocycles. The number of carbonyl (C=O) groups excluding carboxylic acids is 1. The second-order valence-electron chi connectivity index (χ2n) is 5.83. The van der Waals surface area contributed by atoms with E-state index in [0.717, 1.165) is 5.56 Å². The molecule has 2 atom stereocenters. The van der Waals surface area contributed by atoms with E-state index in [2.05, 4.69) is 9.97 Å². The van der Waals surface area contributed by atoms with Crippen molar-refractivity contribution in [3.05, 3.63) is 54.1 Å². The van der Waals surface area contributed by atoms with Crippen molar-refractivity contribution in [2.45, 2.75) is 25.3 Å². The van der Waals surface area contributed by atoms with Gasteiger partial charge in [0.25, 0.3) is 0 Å². The molecular weight excluding hydrogens is 294 g/mol. The van der Waals surface area contributed by atoms with Crippen LogP contribution in [0.15, 0.2) is 42.9 Å². The number of likely N-dealkylation sites (tertiary alicyclic amines) is 1. The molecular formula is C17H19N3O3. The maximum absolute atomic E-state index is 12.6. The van der Waals surface area contributed by atoms with E-state index in [1.54, 1.807) is 6.20 Å². The lowest BCUT2D eigenvalue weighted by atomic mass is 9.98. The monoisotopic (exact) mass is 313 g/mol. The number of benzene rings is 1. The Morgan fingerprint density at radius 1 is 1.39 bits per heavy atom. The largest absolute Gasteiger partial charge is 0.480 e. The van der Waals surface area contributed by atoms with Gasteiger partial charge in [0.05, 0.1) is 12.0 Å². The van der Waals surface area contributed by atoms with Gasteiger partial charge in [0.15, 0.2) is 0 Å². The summed E-state index contributed by atoms with van der Waals surface area (Å²) in [6, 6.07) is 8.97. The minimum absolute atomic E-state index is 0.0724. The number of carboxylic acid groups (broad SMARTS) is 1. The molecule has 23 heavy (non-hydrogen) atoms. The third-order valence-electron chi connectivity index (χ3n) is 4.29. The molecule has 0 aliphatic carbocycles. The SMILES string of the molecule is O=C(O)[C@H](Cc1c[nH]cn1)N1CC[C@@H](Cc2ccccc2)C1=O. The molecule has 6 nitrogen and oxygen atoms in total. The Morgan fingerprint density at radius 2 is 2.17 bits per heavy atom. The van der Waals surface area contributed by atoms with E-state index >= 15 is 0 Å². The summed E-state index contributed by atoms with van der Waals surface area (Å²) in [6.45, 7) is 0.484. The molecule has 1 aliphatic rings. The molecule has 1 aromatic carbocycles. The Bertz CT molecular complexity index is 670. The summed E-state index contributed by atoms with van der Waals surface area (Å²) in [7, 11) is 0. The lowest BCUT2D eigenvalue weighted by molar-refractivity contribution is -0.149. The number of hydrogen-bond donors (Lipinski definition) is 2. The molecule has 2 aromatic rings. The topological polar surface area (TPSA) is 86.3 Å². The fourth-order valence-electron chi connectivity index (χ4n) is 3.09. The highest BCUT2D eigenvalue weighted by Crippen LogP contribution is 2.25. The fraction of sp³-hybridized carbons (Fsp3) is 0.353. The van der Waals surface area contributed by atoms with E-state index in [9.17, 15) is 14.7 Å². The zero-order chi connectivity index (χ0) is 16.2. The van der Waals surface area contributed by atoms with Crippen molar-refractivity contribution in [1.29, 1.82) is 0 Å². The summed E-state index contributed by atoms with van der Waals surface area (Å²) in [6.07, 6.45) is 4.75. The Hall–Kier alpha value is -2.63. The molecule has 6 heteroatoms. The third-order valence-corrected chi connectivity index (χ3v) is 4.29. The van der Waals surface area contributed by atoms with Crippen LogP contribution in [0.3, 0.4) is 0 Å². The van der Waals surface area contributed by atoms with Gasteiger partial charge in [0.1, 0.15) is 6.04 Å². The first-order valence-electron chi connectivity index (χ1n) is 7.70. The molecule has 3 rings (SSSR count). The molecule has 0 bridgehead atoms. The Balaban J connectivity index is 1.70. The zero-order valence-corrected chi connectivity index (χ0v) is 12.7.